The summed E-state index contributed by atoms with van der Waals surface area (Å²) in [6.45, 7) is 0. The van der Waals surface area contributed by atoms with Crippen LogP contribution in [0.25, 0.3) is 5.52 Å². The molecule has 0 atom stereocenters. The topological polar surface area (TPSA) is 43.6 Å². The first-order chi connectivity index (χ1) is 7.93. The molecule has 2 aromatic heterocycles. The predicted molar refractivity (Wildman–Crippen MR) is 51.5 cm³/mol. The van der Waals surface area contributed by atoms with Gasteiger partial charge in [-0.05, 0) is 12.1 Å². The van der Waals surface area contributed by atoms with Gasteiger partial charge in [-0.2, -0.15) is 13.2 Å². The number of hydrogen-bond donors (Lipinski definition) is 0. The summed E-state index contributed by atoms with van der Waals surface area (Å²) < 4.78 is 42.9. The second-order valence-corrected chi connectivity index (χ2v) is 3.28. The Bertz CT molecular complexity index is 574. The van der Waals surface area contributed by atoms with Crippen LogP contribution in [0.2, 0.25) is 0 Å². The molecule has 0 spiro atoms. The highest BCUT2D eigenvalue weighted by Gasteiger charge is 2.35. The smallest absolute Gasteiger partial charge is 0.450 e. The maximum Gasteiger partial charge on any atom is 0.450 e. The van der Waals surface area contributed by atoms with E-state index in [1.165, 1.54) is 12.1 Å². The Kier molecular flexibility index (Phi) is 2.53. The zero-order valence-electron chi connectivity index (χ0n) is 8.65. The predicted octanol–water partition coefficient (Wildman–Crippen LogP) is 2.14. The van der Waals surface area contributed by atoms with E-state index >= 15 is 0 Å². The third-order valence-electron chi connectivity index (χ3n) is 2.20. The SMILES string of the molecule is COC(=O)c1ccc2cnc(C(F)(F)F)n2c1. The molecule has 0 saturated heterocycles. The molecule has 0 aromatic carbocycles. The van der Waals surface area contributed by atoms with Crippen molar-refractivity contribution >= 4 is 11.5 Å². The number of halogens is 3. The van der Waals surface area contributed by atoms with Crippen LogP contribution in [0.1, 0.15) is 16.2 Å². The van der Waals surface area contributed by atoms with Gasteiger partial charge in [0, 0.05) is 6.20 Å². The van der Waals surface area contributed by atoms with Gasteiger partial charge in [0.05, 0.1) is 24.4 Å². The minimum absolute atomic E-state index is 0.0310. The summed E-state index contributed by atoms with van der Waals surface area (Å²) in [5.74, 6) is -1.77. The van der Waals surface area contributed by atoms with E-state index in [4.69, 9.17) is 0 Å². The zero-order valence-corrected chi connectivity index (χ0v) is 8.65. The quantitative estimate of drug-likeness (QED) is 0.722. The molecule has 17 heavy (non-hydrogen) atoms. The number of alkyl halides is 3. The average Bonchev–Trinajstić information content (AvgIpc) is 2.70. The van der Waals surface area contributed by atoms with Crippen molar-refractivity contribution in [1.82, 2.24) is 9.38 Å². The zero-order chi connectivity index (χ0) is 12.6. The fourth-order valence-electron chi connectivity index (χ4n) is 1.44. The highest BCUT2D eigenvalue weighted by Crippen LogP contribution is 2.28. The number of carbonyl (C=O) groups is 1. The van der Waals surface area contributed by atoms with Gasteiger partial charge < -0.3 is 4.74 Å². The number of fused-ring (bicyclic) bond motifs is 1. The molecule has 0 amide bonds. The van der Waals surface area contributed by atoms with Gasteiger partial charge in [-0.15, -0.1) is 0 Å². The maximum atomic E-state index is 12.6. The van der Waals surface area contributed by atoms with E-state index in [1.54, 1.807) is 0 Å². The second kappa shape index (κ2) is 3.76. The van der Waals surface area contributed by atoms with Gasteiger partial charge >= 0.3 is 12.1 Å². The lowest BCUT2D eigenvalue weighted by atomic mass is 10.3. The number of ether oxygens (including phenoxy) is 1. The lowest BCUT2D eigenvalue weighted by Crippen LogP contribution is -2.12. The Morgan fingerprint density at radius 1 is 1.41 bits per heavy atom. The Labute approximate surface area is 93.6 Å². The number of aromatic nitrogens is 2. The molecule has 0 unspecified atom stereocenters. The molecule has 0 fully saturated rings. The van der Waals surface area contributed by atoms with Crippen LogP contribution in [0.5, 0.6) is 0 Å². The van der Waals surface area contributed by atoms with Gasteiger partial charge in [0.2, 0.25) is 5.82 Å². The third-order valence-corrected chi connectivity index (χ3v) is 2.20. The number of nitrogens with zero attached hydrogens (tertiary/aromatic N) is 2. The molecule has 90 valence electrons. The van der Waals surface area contributed by atoms with Crippen LogP contribution < -0.4 is 0 Å². The van der Waals surface area contributed by atoms with E-state index in [0.717, 1.165) is 23.9 Å². The molecule has 0 aliphatic heterocycles. The monoisotopic (exact) mass is 244 g/mol. The summed E-state index contributed by atoms with van der Waals surface area (Å²) in [6, 6.07) is 2.75. The Morgan fingerprint density at radius 3 is 2.71 bits per heavy atom. The number of pyridine rings is 1. The van der Waals surface area contributed by atoms with Crippen molar-refractivity contribution in [2.75, 3.05) is 7.11 Å². The highest BCUT2D eigenvalue weighted by molar-refractivity contribution is 5.89. The van der Waals surface area contributed by atoms with Gasteiger partial charge in [0.1, 0.15) is 0 Å². The van der Waals surface area contributed by atoms with Crippen molar-refractivity contribution < 1.29 is 22.7 Å². The van der Waals surface area contributed by atoms with Crippen molar-refractivity contribution in [2.24, 2.45) is 0 Å². The van der Waals surface area contributed by atoms with Gasteiger partial charge in [-0.3, -0.25) is 4.40 Å². The molecule has 0 aliphatic rings. The molecule has 2 aromatic rings. The number of esters is 1. The summed E-state index contributed by atoms with van der Waals surface area (Å²) in [5, 5.41) is 0. The van der Waals surface area contributed by atoms with Crippen LogP contribution in [-0.2, 0) is 10.9 Å². The van der Waals surface area contributed by atoms with Crippen LogP contribution >= 0.6 is 0 Å². The Balaban J connectivity index is 2.62. The van der Waals surface area contributed by atoms with Gasteiger partial charge in [0.15, 0.2) is 0 Å². The fourth-order valence-corrected chi connectivity index (χ4v) is 1.44. The van der Waals surface area contributed by atoms with Gasteiger partial charge in [-0.1, -0.05) is 0 Å². The first kappa shape index (κ1) is 11.4. The Hall–Kier alpha value is -2.05. The molecule has 0 bridgehead atoms. The molecule has 7 heteroatoms. The first-order valence-corrected chi connectivity index (χ1v) is 4.56. The number of rotatable bonds is 1. The molecule has 0 N–H and O–H groups in total. The van der Waals surface area contributed by atoms with Crippen molar-refractivity contribution in [3.8, 4) is 0 Å². The average molecular weight is 244 g/mol. The van der Waals surface area contributed by atoms with Gasteiger partial charge in [0.25, 0.3) is 0 Å². The largest absolute Gasteiger partial charge is 0.465 e. The van der Waals surface area contributed by atoms with Crippen molar-refractivity contribution in [1.29, 1.82) is 0 Å². The lowest BCUT2D eigenvalue weighted by Gasteiger charge is -2.06. The van der Waals surface area contributed by atoms with Crippen LogP contribution in [0.3, 0.4) is 0 Å². The van der Waals surface area contributed by atoms with E-state index in [-0.39, 0.29) is 11.1 Å². The molecule has 0 aliphatic carbocycles. The van der Waals surface area contributed by atoms with Crippen LogP contribution in [0, 0.1) is 0 Å². The summed E-state index contributed by atoms with van der Waals surface area (Å²) in [6.07, 6.45) is -2.43. The summed E-state index contributed by atoms with van der Waals surface area (Å²) >= 11 is 0. The van der Waals surface area contributed by atoms with E-state index < -0.39 is 18.0 Å². The summed E-state index contributed by atoms with van der Waals surface area (Å²) in [5.41, 5.74) is 0.286. The number of carbonyl (C=O) groups excluding carboxylic acids is 1. The minimum atomic E-state index is -4.57. The fraction of sp³-hybridized carbons (Fsp3) is 0.200. The molecule has 0 radical (unpaired) electrons. The number of hydrogen-bond acceptors (Lipinski definition) is 3. The highest BCUT2D eigenvalue weighted by atomic mass is 19.4. The number of methoxy groups -OCH3 is 1. The van der Waals surface area contributed by atoms with E-state index in [2.05, 4.69) is 9.72 Å². The molecule has 2 heterocycles. The van der Waals surface area contributed by atoms with Crippen molar-refractivity contribution in [3.63, 3.8) is 0 Å². The minimum Gasteiger partial charge on any atom is -0.465 e. The molecule has 4 nitrogen and oxygen atoms in total. The van der Waals surface area contributed by atoms with E-state index in [1.807, 2.05) is 0 Å². The molecular formula is C10H7F3N2O2. The molecular weight excluding hydrogens is 237 g/mol. The summed E-state index contributed by atoms with van der Waals surface area (Å²) in [7, 11) is 1.16. The first-order valence-electron chi connectivity index (χ1n) is 4.56. The Morgan fingerprint density at radius 2 is 2.12 bits per heavy atom. The second-order valence-electron chi connectivity index (χ2n) is 3.28. The standard InChI is InChI=1S/C10H7F3N2O2/c1-17-8(16)6-2-3-7-4-14-9(10(11,12)13)15(7)5-6/h2-5H,1H3. The summed E-state index contributed by atoms with van der Waals surface area (Å²) in [4.78, 5) is 14.5. The van der Waals surface area contributed by atoms with Crippen LogP contribution in [0.4, 0.5) is 13.2 Å². The number of imidazole rings is 1. The van der Waals surface area contributed by atoms with Crippen LogP contribution in [0.15, 0.2) is 24.5 Å². The maximum absolute atomic E-state index is 12.6. The van der Waals surface area contributed by atoms with Crippen molar-refractivity contribution in [2.45, 2.75) is 6.18 Å². The van der Waals surface area contributed by atoms with Gasteiger partial charge in [-0.25, -0.2) is 9.78 Å². The third kappa shape index (κ3) is 1.95. The van der Waals surface area contributed by atoms with E-state index in [9.17, 15) is 18.0 Å². The van der Waals surface area contributed by atoms with Crippen LogP contribution in [-0.4, -0.2) is 22.5 Å². The normalized spacial score (nSPS) is 11.8. The van der Waals surface area contributed by atoms with Crippen molar-refractivity contribution in [3.05, 3.63) is 35.9 Å². The molecule has 0 saturated carbocycles. The van der Waals surface area contributed by atoms with E-state index in [0.29, 0.717) is 0 Å². The lowest BCUT2D eigenvalue weighted by molar-refractivity contribution is -0.145. The molecule has 2 rings (SSSR count).